The zero-order chi connectivity index (χ0) is 27.9. The predicted molar refractivity (Wildman–Crippen MR) is 160 cm³/mol. The quantitative estimate of drug-likeness (QED) is 0.310. The van der Waals surface area contributed by atoms with Crippen LogP contribution in [0, 0.1) is 10.5 Å². The van der Waals surface area contributed by atoms with Gasteiger partial charge in [-0.3, -0.25) is 13.9 Å². The molecule has 0 aromatic heterocycles. The molecule has 202 valence electrons. The van der Waals surface area contributed by atoms with Crippen molar-refractivity contribution in [3.63, 3.8) is 0 Å². The van der Waals surface area contributed by atoms with Gasteiger partial charge in [0.2, 0.25) is 21.8 Å². The number of aryl methyl sites for hydroxylation is 1. The van der Waals surface area contributed by atoms with Crippen LogP contribution in [0.2, 0.25) is 0 Å². The lowest BCUT2D eigenvalue weighted by atomic mass is 10.0. The molecule has 1 N–H and O–H groups in total. The number of sulfonamides is 1. The van der Waals surface area contributed by atoms with Crippen LogP contribution in [0.3, 0.4) is 0 Å². The summed E-state index contributed by atoms with van der Waals surface area (Å²) < 4.78 is 27.6. The molecule has 0 heterocycles. The molecule has 0 radical (unpaired) electrons. The van der Waals surface area contributed by atoms with Crippen LogP contribution in [-0.4, -0.2) is 50.0 Å². The fourth-order valence-electron chi connectivity index (χ4n) is 4.05. The molecule has 9 heteroatoms. The summed E-state index contributed by atoms with van der Waals surface area (Å²) >= 11 is 2.14. The van der Waals surface area contributed by atoms with Gasteiger partial charge in [0.1, 0.15) is 12.6 Å². The van der Waals surface area contributed by atoms with Crippen molar-refractivity contribution < 1.29 is 18.0 Å². The van der Waals surface area contributed by atoms with Crippen LogP contribution in [-0.2, 0) is 32.6 Å². The third-order valence-corrected chi connectivity index (χ3v) is 7.83. The van der Waals surface area contributed by atoms with Gasteiger partial charge in [0, 0.05) is 22.6 Å². The molecule has 0 saturated heterocycles. The second-order valence-corrected chi connectivity index (χ2v) is 12.8. The number of hydrogen-bond acceptors (Lipinski definition) is 4. The van der Waals surface area contributed by atoms with E-state index in [0.29, 0.717) is 12.1 Å². The smallest absolute Gasteiger partial charge is 0.244 e. The number of amides is 2. The molecule has 7 nitrogen and oxygen atoms in total. The highest BCUT2D eigenvalue weighted by Gasteiger charge is 2.33. The van der Waals surface area contributed by atoms with Gasteiger partial charge in [0.25, 0.3) is 0 Å². The summed E-state index contributed by atoms with van der Waals surface area (Å²) in [5.74, 6) is -0.751. The van der Waals surface area contributed by atoms with E-state index in [1.54, 1.807) is 24.3 Å². The first-order chi connectivity index (χ1) is 17.9. The molecular weight excluding hydrogens is 613 g/mol. The number of hydrogen-bond donors (Lipinski definition) is 1. The summed E-state index contributed by atoms with van der Waals surface area (Å²) in [6, 6.07) is 23.2. The normalized spacial score (nSPS) is 12.2. The minimum atomic E-state index is -3.78. The van der Waals surface area contributed by atoms with E-state index in [9.17, 15) is 18.0 Å². The predicted octanol–water partition coefficient (Wildman–Crippen LogP) is 4.53. The highest BCUT2D eigenvalue weighted by Crippen LogP contribution is 2.21. The van der Waals surface area contributed by atoms with E-state index in [4.69, 9.17) is 0 Å². The zero-order valence-electron chi connectivity index (χ0n) is 22.1. The third kappa shape index (κ3) is 8.56. The van der Waals surface area contributed by atoms with E-state index in [-0.39, 0.29) is 18.5 Å². The number of rotatable bonds is 11. The molecule has 1 unspecified atom stereocenters. The molecule has 0 bridgehead atoms. The van der Waals surface area contributed by atoms with Crippen LogP contribution in [0.1, 0.15) is 30.5 Å². The average molecular weight is 648 g/mol. The molecule has 3 rings (SSSR count). The summed E-state index contributed by atoms with van der Waals surface area (Å²) in [5, 5.41) is 2.95. The van der Waals surface area contributed by atoms with E-state index in [2.05, 4.69) is 27.9 Å². The monoisotopic (exact) mass is 647 g/mol. The second-order valence-electron chi connectivity index (χ2n) is 9.62. The maximum Gasteiger partial charge on any atom is 0.244 e. The molecule has 0 aliphatic heterocycles. The summed E-state index contributed by atoms with van der Waals surface area (Å²) in [7, 11) is -3.78. The Kier molecular flexibility index (Phi) is 10.3. The Hall–Kier alpha value is -2.92. The van der Waals surface area contributed by atoms with Gasteiger partial charge in [0.15, 0.2) is 0 Å². The van der Waals surface area contributed by atoms with Gasteiger partial charge in [-0.1, -0.05) is 60.2 Å². The summed E-state index contributed by atoms with van der Waals surface area (Å²) in [6.07, 6.45) is 1.37. The Labute approximate surface area is 239 Å². The minimum absolute atomic E-state index is 0.128. The fourth-order valence-corrected chi connectivity index (χ4v) is 5.26. The van der Waals surface area contributed by atoms with Crippen molar-refractivity contribution in [1.29, 1.82) is 0 Å². The van der Waals surface area contributed by atoms with Crippen molar-refractivity contribution in [2.45, 2.75) is 45.8 Å². The van der Waals surface area contributed by atoms with Crippen molar-refractivity contribution in [2.75, 3.05) is 17.1 Å². The summed E-state index contributed by atoms with van der Waals surface area (Å²) in [6.45, 7) is 5.45. The van der Waals surface area contributed by atoms with Crippen LogP contribution in [0.5, 0.6) is 0 Å². The van der Waals surface area contributed by atoms with E-state index in [1.165, 1.54) is 4.90 Å². The Balaban J connectivity index is 2.04. The van der Waals surface area contributed by atoms with Crippen LogP contribution in [0.15, 0.2) is 78.9 Å². The number of carbonyl (C=O) groups excluding carboxylic acids is 2. The number of halogens is 1. The molecule has 3 aromatic carbocycles. The van der Waals surface area contributed by atoms with Crippen LogP contribution in [0.4, 0.5) is 5.69 Å². The van der Waals surface area contributed by atoms with Gasteiger partial charge in [-0.15, -0.1) is 0 Å². The number of anilines is 1. The Morgan fingerprint density at radius 1 is 0.895 bits per heavy atom. The molecule has 38 heavy (non-hydrogen) atoms. The second kappa shape index (κ2) is 13.2. The van der Waals surface area contributed by atoms with Crippen molar-refractivity contribution in [3.05, 3.63) is 99.1 Å². The van der Waals surface area contributed by atoms with Gasteiger partial charge < -0.3 is 10.2 Å². The Morgan fingerprint density at radius 2 is 1.50 bits per heavy atom. The Morgan fingerprint density at radius 3 is 2.05 bits per heavy atom. The third-order valence-electron chi connectivity index (χ3n) is 5.97. The standard InChI is InChI=1S/C29H34IN3O4S/c1-21(2)31-29(35)27(18-23-8-6-5-7-9-23)32(19-24-12-10-22(3)11-13-24)28(34)20-33(38(4,36)37)26-16-14-25(30)15-17-26/h5-17,21,27H,18-20H2,1-4H3,(H,31,35). The molecule has 2 amide bonds. The number of nitrogens with zero attached hydrogens (tertiary/aromatic N) is 2. The first-order valence-electron chi connectivity index (χ1n) is 12.4. The lowest BCUT2D eigenvalue weighted by Gasteiger charge is -2.34. The molecule has 0 fully saturated rings. The minimum Gasteiger partial charge on any atom is -0.352 e. The van der Waals surface area contributed by atoms with E-state index in [1.807, 2.05) is 75.4 Å². The van der Waals surface area contributed by atoms with Gasteiger partial charge >= 0.3 is 0 Å². The fraction of sp³-hybridized carbons (Fsp3) is 0.310. The highest BCUT2D eigenvalue weighted by molar-refractivity contribution is 14.1. The van der Waals surface area contributed by atoms with Crippen molar-refractivity contribution in [1.82, 2.24) is 10.2 Å². The molecule has 0 aliphatic carbocycles. The lowest BCUT2D eigenvalue weighted by Crippen LogP contribution is -2.54. The number of carbonyl (C=O) groups is 2. The van der Waals surface area contributed by atoms with Gasteiger partial charge in [-0.25, -0.2) is 8.42 Å². The van der Waals surface area contributed by atoms with Crippen LogP contribution in [0.25, 0.3) is 0 Å². The molecule has 0 saturated carbocycles. The van der Waals surface area contributed by atoms with Crippen LogP contribution < -0.4 is 9.62 Å². The van der Waals surface area contributed by atoms with Crippen molar-refractivity contribution in [2.24, 2.45) is 0 Å². The molecule has 3 aromatic rings. The van der Waals surface area contributed by atoms with Crippen molar-refractivity contribution in [3.8, 4) is 0 Å². The molecule has 1 atom stereocenters. The molecule has 0 aliphatic rings. The van der Waals surface area contributed by atoms with Gasteiger partial charge in [-0.05, 0) is 78.8 Å². The average Bonchev–Trinajstić information content (AvgIpc) is 2.86. The Bertz CT molecular complexity index is 1330. The first kappa shape index (κ1) is 29.6. The topological polar surface area (TPSA) is 86.8 Å². The zero-order valence-corrected chi connectivity index (χ0v) is 25.1. The SMILES string of the molecule is Cc1ccc(CN(C(=O)CN(c2ccc(I)cc2)S(C)(=O)=O)C(Cc2ccccc2)C(=O)NC(C)C)cc1. The first-order valence-corrected chi connectivity index (χ1v) is 15.3. The van der Waals surface area contributed by atoms with Gasteiger partial charge in [0.05, 0.1) is 11.9 Å². The van der Waals surface area contributed by atoms with E-state index in [0.717, 1.165) is 30.8 Å². The van der Waals surface area contributed by atoms with Crippen LogP contribution >= 0.6 is 22.6 Å². The molecule has 0 spiro atoms. The summed E-state index contributed by atoms with van der Waals surface area (Å²) in [4.78, 5) is 29.0. The summed E-state index contributed by atoms with van der Waals surface area (Å²) in [5.41, 5.74) is 3.21. The highest BCUT2D eigenvalue weighted by atomic mass is 127. The molecular formula is C29H34IN3O4S. The van der Waals surface area contributed by atoms with Crippen molar-refractivity contribution >= 4 is 50.1 Å². The number of nitrogens with one attached hydrogen (secondary N) is 1. The maximum absolute atomic E-state index is 14.0. The lowest BCUT2D eigenvalue weighted by molar-refractivity contribution is -0.140. The maximum atomic E-state index is 14.0. The van der Waals surface area contributed by atoms with Gasteiger partial charge in [-0.2, -0.15) is 0 Å². The van der Waals surface area contributed by atoms with E-state index < -0.39 is 28.5 Å². The number of benzene rings is 3. The van der Waals surface area contributed by atoms with E-state index >= 15 is 0 Å². The largest absolute Gasteiger partial charge is 0.352 e.